The van der Waals surface area contributed by atoms with Crippen LogP contribution in [0.4, 0.5) is 0 Å². The summed E-state index contributed by atoms with van der Waals surface area (Å²) >= 11 is 0. The number of ether oxygens (including phenoxy) is 1. The van der Waals surface area contributed by atoms with Crippen LogP contribution in [-0.2, 0) is 14.8 Å². The van der Waals surface area contributed by atoms with E-state index in [0.29, 0.717) is 19.1 Å². The molecule has 1 aromatic heterocycles. The molecule has 11 heteroatoms. The van der Waals surface area contributed by atoms with Crippen LogP contribution in [0, 0.1) is 0 Å². The van der Waals surface area contributed by atoms with E-state index in [9.17, 15) is 8.42 Å². The van der Waals surface area contributed by atoms with Crippen LogP contribution in [0.5, 0.6) is 0 Å². The van der Waals surface area contributed by atoms with Gasteiger partial charge in [0.15, 0.2) is 5.96 Å². The number of aromatic nitrogens is 2. The van der Waals surface area contributed by atoms with Gasteiger partial charge >= 0.3 is 0 Å². The lowest BCUT2D eigenvalue weighted by molar-refractivity contribution is 0.0200. The molecule has 1 fully saturated rings. The number of guanidine groups is 1. The first-order chi connectivity index (χ1) is 15.0. The molecule has 1 aromatic carbocycles. The van der Waals surface area contributed by atoms with Crippen molar-refractivity contribution in [2.45, 2.75) is 38.3 Å². The van der Waals surface area contributed by atoms with Gasteiger partial charge < -0.3 is 15.4 Å². The number of sulfonamides is 1. The lowest BCUT2D eigenvalue weighted by Crippen LogP contribution is -2.43. The molecule has 0 spiro atoms. The topological polar surface area (TPSA) is 110 Å². The van der Waals surface area contributed by atoms with E-state index >= 15 is 0 Å². The summed E-state index contributed by atoms with van der Waals surface area (Å²) in [7, 11) is -1.72. The highest BCUT2D eigenvalue weighted by Gasteiger charge is 2.18. The van der Waals surface area contributed by atoms with E-state index in [0.717, 1.165) is 30.5 Å². The highest BCUT2D eigenvalue weighted by Crippen LogP contribution is 2.16. The smallest absolute Gasteiger partial charge is 0.213 e. The van der Waals surface area contributed by atoms with Gasteiger partial charge in [0.25, 0.3) is 0 Å². The molecule has 0 saturated carbocycles. The molecular formula is C21H33IN6O3S. The molecule has 0 radical (unpaired) electrons. The standard InChI is InChI=1S/C21H32N6O3S.HI/c1-17(18-7-5-8-19(15-18)27-12-6-10-24-27)26-21(22-2)23-11-14-31(28,29)25-16-20-9-3-4-13-30-20;/h5-8,10,12,15,17,20,25H,3-4,9,11,13-14,16H2,1-2H3,(H2,22,23,26);1H. The van der Waals surface area contributed by atoms with Crippen molar-refractivity contribution in [3.63, 3.8) is 0 Å². The Morgan fingerprint density at radius 3 is 2.88 bits per heavy atom. The third kappa shape index (κ3) is 8.34. The van der Waals surface area contributed by atoms with E-state index in [2.05, 4.69) is 31.5 Å². The number of benzene rings is 1. The van der Waals surface area contributed by atoms with Crippen molar-refractivity contribution in [3.05, 3.63) is 48.3 Å². The van der Waals surface area contributed by atoms with Crippen molar-refractivity contribution in [2.75, 3.05) is 32.5 Å². The fourth-order valence-electron chi connectivity index (χ4n) is 3.41. The number of nitrogens with one attached hydrogen (secondary N) is 3. The molecule has 1 aliphatic rings. The zero-order valence-electron chi connectivity index (χ0n) is 18.5. The molecule has 3 N–H and O–H groups in total. The molecule has 2 unspecified atom stereocenters. The molecule has 9 nitrogen and oxygen atoms in total. The Kier molecular flexibility index (Phi) is 10.9. The van der Waals surface area contributed by atoms with Crippen molar-refractivity contribution < 1.29 is 13.2 Å². The second-order valence-corrected chi connectivity index (χ2v) is 9.49. The quantitative estimate of drug-likeness (QED) is 0.240. The Labute approximate surface area is 207 Å². The summed E-state index contributed by atoms with van der Waals surface area (Å²) in [5.74, 6) is 0.506. The maximum Gasteiger partial charge on any atom is 0.213 e. The number of halogens is 1. The number of rotatable bonds is 9. The monoisotopic (exact) mass is 576 g/mol. The van der Waals surface area contributed by atoms with Crippen LogP contribution in [0.25, 0.3) is 5.69 Å². The Hall–Kier alpha value is -1.70. The summed E-state index contributed by atoms with van der Waals surface area (Å²) in [6, 6.07) is 9.91. The minimum atomic E-state index is -3.38. The van der Waals surface area contributed by atoms with Gasteiger partial charge in [0.2, 0.25) is 10.0 Å². The summed E-state index contributed by atoms with van der Waals surface area (Å²) in [5.41, 5.74) is 2.04. The Morgan fingerprint density at radius 2 is 2.19 bits per heavy atom. The molecule has 3 rings (SSSR count). The predicted octanol–water partition coefficient (Wildman–Crippen LogP) is 2.20. The maximum absolute atomic E-state index is 12.3. The number of hydrogen-bond acceptors (Lipinski definition) is 5. The van der Waals surface area contributed by atoms with Crippen molar-refractivity contribution in [1.82, 2.24) is 25.1 Å². The maximum atomic E-state index is 12.3. The van der Waals surface area contributed by atoms with Crippen molar-refractivity contribution in [2.24, 2.45) is 4.99 Å². The Bertz CT molecular complexity index is 946. The summed E-state index contributed by atoms with van der Waals surface area (Å²) in [4.78, 5) is 4.21. The van der Waals surface area contributed by atoms with Gasteiger partial charge in [0.1, 0.15) is 0 Å². The molecule has 2 aromatic rings. The first-order valence-electron chi connectivity index (χ1n) is 10.6. The zero-order chi connectivity index (χ0) is 22.1. The molecule has 178 valence electrons. The zero-order valence-corrected chi connectivity index (χ0v) is 21.7. The van der Waals surface area contributed by atoms with Gasteiger partial charge in [-0.2, -0.15) is 5.10 Å². The molecule has 1 saturated heterocycles. The summed E-state index contributed by atoms with van der Waals surface area (Å²) in [6.45, 7) is 3.32. The summed E-state index contributed by atoms with van der Waals surface area (Å²) in [6.07, 6.45) is 6.64. The highest BCUT2D eigenvalue weighted by atomic mass is 127. The second kappa shape index (κ2) is 13.1. The van der Waals surface area contributed by atoms with E-state index in [1.165, 1.54) is 0 Å². The SMILES string of the molecule is CN=C(NCCS(=O)(=O)NCC1CCCCO1)NC(C)c1cccc(-n2cccn2)c1.I. The van der Waals surface area contributed by atoms with Gasteiger partial charge in [-0.15, -0.1) is 24.0 Å². The Morgan fingerprint density at radius 1 is 1.34 bits per heavy atom. The van der Waals surface area contributed by atoms with Crippen LogP contribution < -0.4 is 15.4 Å². The average molecular weight is 577 g/mol. The molecule has 2 atom stereocenters. The number of hydrogen-bond donors (Lipinski definition) is 3. The van der Waals surface area contributed by atoms with Gasteiger partial charge in [-0.05, 0) is 49.9 Å². The summed E-state index contributed by atoms with van der Waals surface area (Å²) in [5, 5.41) is 10.6. The van der Waals surface area contributed by atoms with Gasteiger partial charge in [0, 0.05) is 39.1 Å². The van der Waals surface area contributed by atoms with Gasteiger partial charge in [0.05, 0.1) is 23.6 Å². The largest absolute Gasteiger partial charge is 0.377 e. The molecule has 0 aliphatic carbocycles. The molecule has 2 heterocycles. The lowest BCUT2D eigenvalue weighted by Gasteiger charge is -2.22. The van der Waals surface area contributed by atoms with Crippen LogP contribution in [0.2, 0.25) is 0 Å². The first kappa shape index (κ1) is 26.6. The van der Waals surface area contributed by atoms with E-state index in [1.54, 1.807) is 17.9 Å². The van der Waals surface area contributed by atoms with E-state index in [1.807, 2.05) is 37.4 Å². The van der Waals surface area contributed by atoms with Gasteiger partial charge in [-0.3, -0.25) is 4.99 Å². The molecule has 32 heavy (non-hydrogen) atoms. The van der Waals surface area contributed by atoms with Crippen molar-refractivity contribution in [3.8, 4) is 5.69 Å². The number of nitrogens with zero attached hydrogens (tertiary/aromatic N) is 3. The van der Waals surface area contributed by atoms with Gasteiger partial charge in [-0.25, -0.2) is 17.8 Å². The van der Waals surface area contributed by atoms with Crippen LogP contribution in [0.15, 0.2) is 47.7 Å². The highest BCUT2D eigenvalue weighted by molar-refractivity contribution is 14.0. The van der Waals surface area contributed by atoms with E-state index < -0.39 is 10.0 Å². The molecular weight excluding hydrogens is 543 g/mol. The van der Waals surface area contributed by atoms with E-state index in [4.69, 9.17) is 4.74 Å². The third-order valence-electron chi connectivity index (χ3n) is 5.18. The molecule has 0 amide bonds. The van der Waals surface area contributed by atoms with Crippen LogP contribution in [-0.4, -0.2) is 62.8 Å². The third-order valence-corrected chi connectivity index (χ3v) is 6.53. The van der Waals surface area contributed by atoms with Crippen LogP contribution >= 0.6 is 24.0 Å². The lowest BCUT2D eigenvalue weighted by atomic mass is 10.1. The minimum Gasteiger partial charge on any atom is -0.377 e. The normalized spacial score (nSPS) is 17.9. The molecule has 1 aliphatic heterocycles. The molecule has 0 bridgehead atoms. The average Bonchev–Trinajstić information content (AvgIpc) is 3.33. The second-order valence-electron chi connectivity index (χ2n) is 7.57. The van der Waals surface area contributed by atoms with E-state index in [-0.39, 0.29) is 48.4 Å². The fraction of sp³-hybridized carbons (Fsp3) is 0.524. The minimum absolute atomic E-state index is 0. The van der Waals surface area contributed by atoms with Gasteiger partial charge in [-0.1, -0.05) is 12.1 Å². The summed E-state index contributed by atoms with van der Waals surface area (Å²) < 4.78 is 34.5. The van der Waals surface area contributed by atoms with Crippen LogP contribution in [0.1, 0.15) is 37.8 Å². The Balaban J connectivity index is 0.00000363. The number of aliphatic imine (C=N–C) groups is 1. The van der Waals surface area contributed by atoms with Crippen molar-refractivity contribution >= 4 is 40.0 Å². The van der Waals surface area contributed by atoms with Crippen LogP contribution in [0.3, 0.4) is 0 Å². The first-order valence-corrected chi connectivity index (χ1v) is 12.3. The van der Waals surface area contributed by atoms with Crippen molar-refractivity contribution in [1.29, 1.82) is 0 Å². The predicted molar refractivity (Wildman–Crippen MR) is 137 cm³/mol. The fourth-order valence-corrected chi connectivity index (χ4v) is 4.36.